The Balaban J connectivity index is 1.72. The molecule has 0 saturated carbocycles. The first-order valence-corrected chi connectivity index (χ1v) is 11.3. The van der Waals surface area contributed by atoms with Crippen LogP contribution < -0.4 is 16.6 Å². The minimum atomic E-state index is -0.530. The number of primary amides is 1. The second-order valence-corrected chi connectivity index (χ2v) is 8.36. The topological polar surface area (TPSA) is 116 Å². The third kappa shape index (κ3) is 6.18. The van der Waals surface area contributed by atoms with Crippen LogP contribution in [0, 0.1) is 0 Å². The number of fused-ring (bicyclic) bond motifs is 1. The minimum Gasteiger partial charge on any atom is -0.379 e. The maximum absolute atomic E-state index is 13.0. The molecule has 0 saturated heterocycles. The molecule has 0 aliphatic carbocycles. The largest absolute Gasteiger partial charge is 0.379 e. The lowest BCUT2D eigenvalue weighted by Crippen LogP contribution is -2.25. The third-order valence-corrected chi connectivity index (χ3v) is 5.57. The Morgan fingerprint density at radius 2 is 1.88 bits per heavy atom. The van der Waals surface area contributed by atoms with E-state index in [9.17, 15) is 14.4 Å². The molecule has 3 rings (SSSR count). The number of ether oxygens (including phenoxy) is 1. The number of nitrogens with two attached hydrogens (primary N) is 1. The summed E-state index contributed by atoms with van der Waals surface area (Å²) in [6.07, 6.45) is 0.778. The van der Waals surface area contributed by atoms with Crippen LogP contribution in [-0.2, 0) is 16.1 Å². The number of rotatable bonds is 10. The lowest BCUT2D eigenvalue weighted by molar-refractivity contribution is -0.113. The number of aromatic nitrogens is 2. The van der Waals surface area contributed by atoms with Gasteiger partial charge in [-0.1, -0.05) is 23.9 Å². The zero-order valence-electron chi connectivity index (χ0n) is 18.0. The highest BCUT2D eigenvalue weighted by Crippen LogP contribution is 2.19. The molecule has 2 aromatic carbocycles. The highest BCUT2D eigenvalue weighted by Gasteiger charge is 2.13. The first-order chi connectivity index (χ1) is 15.3. The molecule has 1 heterocycles. The van der Waals surface area contributed by atoms with Gasteiger partial charge in [-0.15, -0.1) is 0 Å². The molecule has 0 bridgehead atoms. The molecule has 0 fully saturated rings. The normalized spacial score (nSPS) is 11.1. The molecular formula is C23H26N4O4S. The second kappa shape index (κ2) is 10.9. The first kappa shape index (κ1) is 23.5. The number of amides is 2. The van der Waals surface area contributed by atoms with Crippen LogP contribution in [-0.4, -0.2) is 39.8 Å². The van der Waals surface area contributed by atoms with Crippen molar-refractivity contribution in [3.63, 3.8) is 0 Å². The molecule has 0 radical (unpaired) electrons. The molecule has 0 unspecified atom stereocenters. The fraction of sp³-hybridized carbons (Fsp3) is 0.304. The highest BCUT2D eigenvalue weighted by atomic mass is 32.2. The van der Waals surface area contributed by atoms with Crippen molar-refractivity contribution in [1.82, 2.24) is 9.55 Å². The smallest absolute Gasteiger partial charge is 0.262 e. The van der Waals surface area contributed by atoms with Gasteiger partial charge in [0, 0.05) is 24.4 Å². The van der Waals surface area contributed by atoms with E-state index in [4.69, 9.17) is 10.5 Å². The van der Waals surface area contributed by atoms with Crippen LogP contribution in [0.2, 0.25) is 0 Å². The van der Waals surface area contributed by atoms with Gasteiger partial charge in [0.1, 0.15) is 0 Å². The number of anilines is 1. The third-order valence-electron chi connectivity index (χ3n) is 4.59. The van der Waals surface area contributed by atoms with Gasteiger partial charge in [-0.25, -0.2) is 4.98 Å². The number of hydrogen-bond acceptors (Lipinski definition) is 6. The number of hydrogen-bond donors (Lipinski definition) is 2. The SMILES string of the molecule is CC(C)OCCCn1c(SCC(=O)Nc2ccc(C(N)=O)cc2)nc2ccccc2c1=O. The van der Waals surface area contributed by atoms with Crippen LogP contribution in [0.1, 0.15) is 30.6 Å². The van der Waals surface area contributed by atoms with Crippen LogP contribution in [0.3, 0.4) is 0 Å². The van der Waals surface area contributed by atoms with Crippen LogP contribution in [0.5, 0.6) is 0 Å². The molecule has 8 nitrogen and oxygen atoms in total. The number of benzene rings is 2. The Bertz CT molecular complexity index is 1160. The number of carbonyl (C=O) groups excluding carboxylic acids is 2. The monoisotopic (exact) mass is 454 g/mol. The van der Waals surface area contributed by atoms with Crippen molar-refractivity contribution in [2.75, 3.05) is 17.7 Å². The summed E-state index contributed by atoms with van der Waals surface area (Å²) < 4.78 is 7.19. The van der Waals surface area contributed by atoms with Gasteiger partial charge in [-0.05, 0) is 56.7 Å². The van der Waals surface area contributed by atoms with E-state index in [1.165, 1.54) is 11.8 Å². The predicted molar refractivity (Wildman–Crippen MR) is 126 cm³/mol. The Morgan fingerprint density at radius 1 is 1.16 bits per heavy atom. The van der Waals surface area contributed by atoms with Crippen LogP contribution in [0.15, 0.2) is 58.5 Å². The maximum atomic E-state index is 13.0. The van der Waals surface area contributed by atoms with Gasteiger partial charge in [0.15, 0.2) is 5.16 Å². The molecule has 0 aliphatic heterocycles. The molecule has 0 aliphatic rings. The molecule has 32 heavy (non-hydrogen) atoms. The molecule has 0 spiro atoms. The zero-order chi connectivity index (χ0) is 23.1. The van der Waals surface area contributed by atoms with E-state index >= 15 is 0 Å². The van der Waals surface area contributed by atoms with Crippen LogP contribution >= 0.6 is 11.8 Å². The van der Waals surface area contributed by atoms with E-state index in [1.807, 2.05) is 19.9 Å². The number of thioether (sulfide) groups is 1. The predicted octanol–water partition coefficient (Wildman–Crippen LogP) is 3.04. The molecular weight excluding hydrogens is 428 g/mol. The summed E-state index contributed by atoms with van der Waals surface area (Å²) in [5.74, 6) is -0.707. The number of para-hydroxylation sites is 1. The summed E-state index contributed by atoms with van der Waals surface area (Å²) >= 11 is 1.20. The standard InChI is InChI=1S/C23H26N4O4S/c1-15(2)31-13-5-12-27-22(30)18-6-3-4-7-19(18)26-23(27)32-14-20(28)25-17-10-8-16(9-11-17)21(24)29/h3-4,6-11,15H,5,12-14H2,1-2H3,(H2,24,29)(H,25,28). The second-order valence-electron chi connectivity index (χ2n) is 7.42. The van der Waals surface area contributed by atoms with Crippen molar-refractivity contribution >= 4 is 40.2 Å². The zero-order valence-corrected chi connectivity index (χ0v) is 18.9. The van der Waals surface area contributed by atoms with Crippen molar-refractivity contribution < 1.29 is 14.3 Å². The Hall–Kier alpha value is -3.17. The molecule has 3 N–H and O–H groups in total. The van der Waals surface area contributed by atoms with Gasteiger partial charge in [-0.3, -0.25) is 19.0 Å². The summed E-state index contributed by atoms with van der Waals surface area (Å²) in [5.41, 5.74) is 6.60. The van der Waals surface area contributed by atoms with Gasteiger partial charge in [0.05, 0.1) is 22.8 Å². The lowest BCUT2D eigenvalue weighted by atomic mass is 10.2. The van der Waals surface area contributed by atoms with Crippen molar-refractivity contribution in [3.8, 4) is 0 Å². The fourth-order valence-corrected chi connectivity index (χ4v) is 3.87. The fourth-order valence-electron chi connectivity index (χ4n) is 3.04. The quantitative estimate of drug-likeness (QED) is 0.276. The first-order valence-electron chi connectivity index (χ1n) is 10.3. The molecule has 168 valence electrons. The van der Waals surface area contributed by atoms with Gasteiger partial charge in [0.25, 0.3) is 5.56 Å². The molecule has 2 amide bonds. The minimum absolute atomic E-state index is 0.0743. The summed E-state index contributed by atoms with van der Waals surface area (Å²) in [6, 6.07) is 13.5. The van der Waals surface area contributed by atoms with E-state index in [0.29, 0.717) is 46.9 Å². The van der Waals surface area contributed by atoms with Crippen LogP contribution in [0.4, 0.5) is 5.69 Å². The molecule has 9 heteroatoms. The molecule has 1 aromatic heterocycles. The Labute approximate surface area is 190 Å². The average Bonchev–Trinajstić information content (AvgIpc) is 2.77. The summed E-state index contributed by atoms with van der Waals surface area (Å²) in [7, 11) is 0. The summed E-state index contributed by atoms with van der Waals surface area (Å²) in [5, 5.41) is 3.79. The average molecular weight is 455 g/mol. The van der Waals surface area contributed by atoms with E-state index in [2.05, 4.69) is 10.3 Å². The number of carbonyl (C=O) groups is 2. The van der Waals surface area contributed by atoms with Gasteiger partial charge >= 0.3 is 0 Å². The van der Waals surface area contributed by atoms with E-state index in [-0.39, 0.29) is 23.3 Å². The lowest BCUT2D eigenvalue weighted by Gasteiger charge is -2.14. The van der Waals surface area contributed by atoms with Gasteiger partial charge < -0.3 is 15.8 Å². The highest BCUT2D eigenvalue weighted by molar-refractivity contribution is 7.99. The van der Waals surface area contributed by atoms with Crippen molar-refractivity contribution in [2.24, 2.45) is 5.73 Å². The van der Waals surface area contributed by atoms with Crippen LogP contribution in [0.25, 0.3) is 10.9 Å². The number of nitrogens with zero attached hydrogens (tertiary/aromatic N) is 2. The maximum Gasteiger partial charge on any atom is 0.262 e. The van der Waals surface area contributed by atoms with Crippen molar-refractivity contribution in [3.05, 3.63) is 64.4 Å². The Kier molecular flexibility index (Phi) is 8.02. The van der Waals surface area contributed by atoms with Gasteiger partial charge in [-0.2, -0.15) is 0 Å². The van der Waals surface area contributed by atoms with E-state index in [0.717, 1.165) is 0 Å². The molecule has 0 atom stereocenters. The summed E-state index contributed by atoms with van der Waals surface area (Å²) in [4.78, 5) is 41.2. The molecule has 3 aromatic rings. The van der Waals surface area contributed by atoms with Crippen molar-refractivity contribution in [1.29, 1.82) is 0 Å². The Morgan fingerprint density at radius 3 is 2.56 bits per heavy atom. The van der Waals surface area contributed by atoms with Gasteiger partial charge in [0.2, 0.25) is 11.8 Å². The van der Waals surface area contributed by atoms with Crippen molar-refractivity contribution in [2.45, 2.75) is 38.1 Å². The van der Waals surface area contributed by atoms with E-state index < -0.39 is 5.91 Å². The summed E-state index contributed by atoms with van der Waals surface area (Å²) in [6.45, 7) is 4.90. The van der Waals surface area contributed by atoms with E-state index in [1.54, 1.807) is 47.0 Å². The number of nitrogens with one attached hydrogen (secondary N) is 1.